The van der Waals surface area contributed by atoms with Gasteiger partial charge in [0.2, 0.25) is 12.3 Å². The highest BCUT2D eigenvalue weighted by molar-refractivity contribution is 6.31. The van der Waals surface area contributed by atoms with Crippen molar-refractivity contribution in [3.63, 3.8) is 0 Å². The van der Waals surface area contributed by atoms with Crippen molar-refractivity contribution in [3.8, 4) is 0 Å². The first-order valence-electron chi connectivity index (χ1n) is 11.5. The third kappa shape index (κ3) is 5.62. The first kappa shape index (κ1) is 27.0. The maximum Gasteiger partial charge on any atom is 0.412 e. The van der Waals surface area contributed by atoms with Gasteiger partial charge in [0.05, 0.1) is 22.8 Å². The third-order valence-corrected chi connectivity index (χ3v) is 6.55. The molecule has 10 nitrogen and oxygen atoms in total. The minimum Gasteiger partial charge on any atom is -0.465 e. The van der Waals surface area contributed by atoms with Crippen molar-refractivity contribution >= 4 is 47.0 Å². The summed E-state index contributed by atoms with van der Waals surface area (Å²) in [6, 6.07) is 6.14. The van der Waals surface area contributed by atoms with Crippen LogP contribution in [0.3, 0.4) is 0 Å². The van der Waals surface area contributed by atoms with E-state index in [0.29, 0.717) is 0 Å². The monoisotopic (exact) mass is 554 g/mol. The fourth-order valence-electron chi connectivity index (χ4n) is 4.65. The number of piperidine rings is 1. The smallest absolute Gasteiger partial charge is 0.412 e. The van der Waals surface area contributed by atoms with Crippen LogP contribution < -0.4 is 16.0 Å². The van der Waals surface area contributed by atoms with Crippen molar-refractivity contribution in [3.05, 3.63) is 58.4 Å². The summed E-state index contributed by atoms with van der Waals surface area (Å²) in [5.41, 5.74) is -1.35. The van der Waals surface area contributed by atoms with Gasteiger partial charge in [-0.05, 0) is 49.2 Å². The van der Waals surface area contributed by atoms with E-state index in [2.05, 4.69) is 16.0 Å². The molecule has 0 radical (unpaired) electrons. The number of carboxylic acid groups (broad SMARTS) is 1. The zero-order valence-corrected chi connectivity index (χ0v) is 20.4. The van der Waals surface area contributed by atoms with Gasteiger partial charge in [0.1, 0.15) is 6.04 Å². The first-order chi connectivity index (χ1) is 18.0. The van der Waals surface area contributed by atoms with Crippen molar-refractivity contribution in [2.24, 2.45) is 0 Å². The van der Waals surface area contributed by atoms with Crippen LogP contribution in [0.1, 0.15) is 35.2 Å². The van der Waals surface area contributed by atoms with E-state index < -0.39 is 54.3 Å². The fraction of sp³-hybridized carbons (Fsp3) is 0.333. The molecule has 2 aromatic carbocycles. The number of likely N-dealkylation sites (tertiary alicyclic amines) is 1. The van der Waals surface area contributed by atoms with Crippen LogP contribution in [0.25, 0.3) is 0 Å². The van der Waals surface area contributed by atoms with Gasteiger partial charge < -0.3 is 20.1 Å². The number of hydrogen-bond donors (Lipinski definition) is 4. The van der Waals surface area contributed by atoms with E-state index in [1.165, 1.54) is 36.4 Å². The Morgan fingerprint density at radius 1 is 1.18 bits per heavy atom. The summed E-state index contributed by atoms with van der Waals surface area (Å²) in [6.45, 7) is -0.247. The zero-order valence-electron chi connectivity index (χ0n) is 19.6. The molecule has 38 heavy (non-hydrogen) atoms. The van der Waals surface area contributed by atoms with Crippen LogP contribution in [0.2, 0.25) is 5.02 Å². The van der Waals surface area contributed by atoms with Gasteiger partial charge in [-0.25, -0.2) is 22.8 Å². The highest BCUT2D eigenvalue weighted by Gasteiger charge is 2.49. The minimum absolute atomic E-state index is 0.000967. The molecule has 0 unspecified atom stereocenters. The number of anilines is 2. The van der Waals surface area contributed by atoms with Gasteiger partial charge in [0, 0.05) is 24.2 Å². The number of nitrogens with one attached hydrogen (secondary N) is 3. The Morgan fingerprint density at radius 3 is 2.55 bits per heavy atom. The molecule has 4 amide bonds. The molecule has 2 aliphatic heterocycles. The van der Waals surface area contributed by atoms with Crippen molar-refractivity contribution in [2.75, 3.05) is 23.7 Å². The lowest BCUT2D eigenvalue weighted by Gasteiger charge is -2.45. The standard InChI is InChI=1S/C24H22ClF3N4O6/c25-14-6-7-15-18(19(14)28)24(38-23(37)31-15)8-1-9-32(11-24)21(34)16(10-17(26)27)30-20(33)12-2-4-13(5-3-12)29-22(35)36/h2-7,16-17,29H,1,8-11H2,(H,30,33)(H,31,37)(H,35,36)/t16-,24-/m0/s1. The number of benzene rings is 2. The van der Waals surface area contributed by atoms with Crippen molar-refractivity contribution in [2.45, 2.75) is 37.3 Å². The molecule has 0 saturated carbocycles. The van der Waals surface area contributed by atoms with E-state index >= 15 is 4.39 Å². The number of nitrogens with zero attached hydrogens (tertiary/aromatic N) is 1. The van der Waals surface area contributed by atoms with Crippen LogP contribution in [-0.2, 0) is 15.1 Å². The number of amides is 4. The van der Waals surface area contributed by atoms with Gasteiger partial charge in [-0.3, -0.25) is 20.2 Å². The summed E-state index contributed by atoms with van der Waals surface area (Å²) in [4.78, 5) is 50.2. The van der Waals surface area contributed by atoms with E-state index in [4.69, 9.17) is 21.4 Å². The van der Waals surface area contributed by atoms with Gasteiger partial charge in [0.15, 0.2) is 11.4 Å². The SMILES string of the molecule is O=C(O)Nc1ccc(C(=O)N[C@@H](CC(F)F)C(=O)N2CCC[C@@]3(C2)OC(=O)Nc2ccc(Cl)c(F)c23)cc1. The van der Waals surface area contributed by atoms with Crippen molar-refractivity contribution < 1.29 is 42.2 Å². The summed E-state index contributed by atoms with van der Waals surface area (Å²) in [7, 11) is 0. The molecule has 0 aliphatic carbocycles. The Morgan fingerprint density at radius 2 is 1.89 bits per heavy atom. The van der Waals surface area contributed by atoms with E-state index in [-0.39, 0.29) is 53.5 Å². The number of alkyl halides is 2. The quantitative estimate of drug-likeness (QED) is 0.418. The molecule has 2 aromatic rings. The number of rotatable bonds is 6. The largest absolute Gasteiger partial charge is 0.465 e. The molecule has 0 aromatic heterocycles. The van der Waals surface area contributed by atoms with Crippen LogP contribution in [0.5, 0.6) is 0 Å². The van der Waals surface area contributed by atoms with Crippen LogP contribution in [-0.4, -0.2) is 59.6 Å². The third-order valence-electron chi connectivity index (χ3n) is 6.26. The second-order valence-electron chi connectivity index (χ2n) is 8.82. The number of halogens is 4. The number of ether oxygens (including phenoxy) is 1. The molecule has 1 fully saturated rings. The maximum atomic E-state index is 15.1. The van der Waals surface area contributed by atoms with Crippen LogP contribution >= 0.6 is 11.6 Å². The highest BCUT2D eigenvalue weighted by Crippen LogP contribution is 2.45. The predicted octanol–water partition coefficient (Wildman–Crippen LogP) is 4.40. The van der Waals surface area contributed by atoms with Gasteiger partial charge in [-0.1, -0.05) is 11.6 Å². The number of carbonyl (C=O) groups is 4. The first-order valence-corrected chi connectivity index (χ1v) is 11.8. The summed E-state index contributed by atoms with van der Waals surface area (Å²) in [5, 5.41) is 15.3. The second-order valence-corrected chi connectivity index (χ2v) is 9.22. The molecule has 2 aliphatic rings. The molecule has 14 heteroatoms. The van der Waals surface area contributed by atoms with E-state index in [9.17, 15) is 28.0 Å². The maximum absolute atomic E-state index is 15.1. The van der Waals surface area contributed by atoms with Gasteiger partial charge >= 0.3 is 12.2 Å². The molecule has 2 atom stereocenters. The topological polar surface area (TPSA) is 137 Å². The van der Waals surface area contributed by atoms with Gasteiger partial charge in [0.25, 0.3) is 5.91 Å². The number of fused-ring (bicyclic) bond motifs is 2. The Hall–Kier alpha value is -4.00. The normalized spacial score (nSPS) is 19.3. The van der Waals surface area contributed by atoms with Gasteiger partial charge in [-0.15, -0.1) is 0 Å². The second kappa shape index (κ2) is 10.8. The Kier molecular flexibility index (Phi) is 7.67. The van der Waals surface area contributed by atoms with Crippen LogP contribution in [0.4, 0.5) is 34.1 Å². The molecule has 0 bridgehead atoms. The molecular weight excluding hydrogens is 533 g/mol. The molecule has 4 rings (SSSR count). The highest BCUT2D eigenvalue weighted by atomic mass is 35.5. The van der Waals surface area contributed by atoms with Crippen molar-refractivity contribution in [1.82, 2.24) is 10.2 Å². The lowest BCUT2D eigenvalue weighted by atomic mass is 9.83. The molecule has 202 valence electrons. The van der Waals surface area contributed by atoms with Crippen LogP contribution in [0.15, 0.2) is 36.4 Å². The average Bonchev–Trinajstić information content (AvgIpc) is 2.85. The number of hydrogen-bond acceptors (Lipinski definition) is 5. The van der Waals surface area contributed by atoms with Gasteiger partial charge in [-0.2, -0.15) is 0 Å². The van der Waals surface area contributed by atoms with Crippen LogP contribution in [0, 0.1) is 5.82 Å². The van der Waals surface area contributed by atoms with E-state index in [0.717, 1.165) is 4.90 Å². The summed E-state index contributed by atoms with van der Waals surface area (Å²) in [5.74, 6) is -2.54. The fourth-order valence-corrected chi connectivity index (χ4v) is 4.81. The Bertz CT molecular complexity index is 1280. The molecule has 4 N–H and O–H groups in total. The molecule has 1 saturated heterocycles. The molecule has 1 spiro atoms. The molecular formula is C24H22ClF3N4O6. The lowest BCUT2D eigenvalue weighted by molar-refractivity contribution is -0.142. The predicted molar refractivity (Wildman–Crippen MR) is 129 cm³/mol. The van der Waals surface area contributed by atoms with Crippen molar-refractivity contribution in [1.29, 1.82) is 0 Å². The average molecular weight is 555 g/mol. The van der Waals surface area contributed by atoms with E-state index in [1.807, 2.05) is 0 Å². The number of carbonyl (C=O) groups excluding carboxylic acids is 3. The Balaban J connectivity index is 1.57. The summed E-state index contributed by atoms with van der Waals surface area (Å²) >= 11 is 5.95. The summed E-state index contributed by atoms with van der Waals surface area (Å²) < 4.78 is 47.4. The molecule has 2 heterocycles. The zero-order chi connectivity index (χ0) is 27.6. The van der Waals surface area contributed by atoms with E-state index in [1.54, 1.807) is 0 Å². The summed E-state index contributed by atoms with van der Waals surface area (Å²) in [6.07, 6.45) is -5.72. The lowest BCUT2D eigenvalue weighted by Crippen LogP contribution is -2.57. The Labute approximate surface area is 219 Å². The minimum atomic E-state index is -2.95.